The summed E-state index contributed by atoms with van der Waals surface area (Å²) in [4.78, 5) is 2.69. The van der Waals surface area contributed by atoms with Gasteiger partial charge in [-0.2, -0.15) is 0 Å². The van der Waals surface area contributed by atoms with Crippen molar-refractivity contribution in [2.45, 2.75) is 77.1 Å². The molecule has 3 nitrogen and oxygen atoms in total. The third-order valence-electron chi connectivity index (χ3n) is 4.30. The van der Waals surface area contributed by atoms with Crippen LogP contribution in [0.3, 0.4) is 0 Å². The molecule has 0 amide bonds. The molecule has 0 spiro atoms. The Bertz CT molecular complexity index is 237. The highest BCUT2D eigenvalue weighted by Crippen LogP contribution is 2.24. The molecule has 2 saturated heterocycles. The van der Waals surface area contributed by atoms with Crippen LogP contribution in [-0.2, 0) is 4.74 Å². The van der Waals surface area contributed by atoms with Crippen LogP contribution in [0, 0.1) is 0 Å². The van der Waals surface area contributed by atoms with Crippen molar-refractivity contribution in [3.63, 3.8) is 0 Å². The fraction of sp³-hybridized carbons (Fsp3) is 1.00. The first-order valence-electron chi connectivity index (χ1n) is 7.80. The molecule has 0 radical (unpaired) electrons. The van der Waals surface area contributed by atoms with E-state index in [4.69, 9.17) is 4.74 Å². The summed E-state index contributed by atoms with van der Waals surface area (Å²) in [5, 5.41) is 3.64. The summed E-state index contributed by atoms with van der Waals surface area (Å²) in [6.07, 6.45) is 6.78. The Kier molecular flexibility index (Phi) is 5.46. The molecule has 2 fully saturated rings. The maximum absolute atomic E-state index is 5.95. The summed E-state index contributed by atoms with van der Waals surface area (Å²) in [7, 11) is 0. The second-order valence-corrected chi connectivity index (χ2v) is 6.22. The zero-order chi connectivity index (χ0) is 13.0. The molecule has 18 heavy (non-hydrogen) atoms. The van der Waals surface area contributed by atoms with Crippen LogP contribution in [0.4, 0.5) is 0 Å². The Balaban J connectivity index is 1.83. The Morgan fingerprint density at radius 1 is 1.22 bits per heavy atom. The molecule has 3 atom stereocenters. The maximum Gasteiger partial charge on any atom is 0.0702 e. The summed E-state index contributed by atoms with van der Waals surface area (Å²) in [6.45, 7) is 10.2. The lowest BCUT2D eigenvalue weighted by Crippen LogP contribution is -2.54. The van der Waals surface area contributed by atoms with Crippen LogP contribution in [0.1, 0.15) is 52.9 Å². The van der Waals surface area contributed by atoms with Crippen molar-refractivity contribution in [3.8, 4) is 0 Å². The van der Waals surface area contributed by atoms with Gasteiger partial charge in [-0.1, -0.05) is 6.92 Å². The van der Waals surface area contributed by atoms with E-state index in [-0.39, 0.29) is 0 Å². The number of piperidine rings is 2. The normalized spacial score (nSPS) is 38.8. The highest BCUT2D eigenvalue weighted by atomic mass is 16.5. The molecule has 106 valence electrons. The van der Waals surface area contributed by atoms with Gasteiger partial charge in [0.25, 0.3) is 0 Å². The molecular formula is C15H30N2O. The lowest BCUT2D eigenvalue weighted by Gasteiger charge is -2.43. The van der Waals surface area contributed by atoms with Gasteiger partial charge in [0, 0.05) is 31.3 Å². The van der Waals surface area contributed by atoms with Gasteiger partial charge in [-0.3, -0.25) is 4.90 Å². The highest BCUT2D eigenvalue weighted by Gasteiger charge is 2.31. The van der Waals surface area contributed by atoms with Gasteiger partial charge in [-0.25, -0.2) is 0 Å². The summed E-state index contributed by atoms with van der Waals surface area (Å²) in [5.41, 5.74) is 0. The van der Waals surface area contributed by atoms with E-state index < -0.39 is 0 Å². The lowest BCUT2D eigenvalue weighted by molar-refractivity contribution is -0.0203. The fourth-order valence-corrected chi connectivity index (χ4v) is 3.55. The molecular weight excluding hydrogens is 224 g/mol. The number of nitrogens with zero attached hydrogens (tertiary/aromatic N) is 1. The fourth-order valence-electron chi connectivity index (χ4n) is 3.55. The van der Waals surface area contributed by atoms with Gasteiger partial charge in [-0.05, 0) is 52.5 Å². The molecule has 3 heteroatoms. The van der Waals surface area contributed by atoms with Crippen LogP contribution in [0.25, 0.3) is 0 Å². The molecule has 2 aliphatic heterocycles. The predicted octanol–water partition coefficient (Wildman–Crippen LogP) is 2.41. The van der Waals surface area contributed by atoms with Crippen LogP contribution in [0.5, 0.6) is 0 Å². The van der Waals surface area contributed by atoms with Crippen LogP contribution in [0.15, 0.2) is 0 Å². The minimum absolute atomic E-state index is 0.485. The molecule has 2 heterocycles. The topological polar surface area (TPSA) is 24.5 Å². The highest BCUT2D eigenvalue weighted by molar-refractivity contribution is 4.89. The second kappa shape index (κ2) is 6.88. The van der Waals surface area contributed by atoms with E-state index in [0.717, 1.165) is 25.6 Å². The Morgan fingerprint density at radius 3 is 2.61 bits per heavy atom. The van der Waals surface area contributed by atoms with Gasteiger partial charge < -0.3 is 10.1 Å². The van der Waals surface area contributed by atoms with Crippen molar-refractivity contribution in [2.24, 2.45) is 0 Å². The van der Waals surface area contributed by atoms with Gasteiger partial charge >= 0.3 is 0 Å². The number of ether oxygens (including phenoxy) is 1. The summed E-state index contributed by atoms with van der Waals surface area (Å²) in [5.74, 6) is 0. The minimum Gasteiger partial charge on any atom is -0.377 e. The van der Waals surface area contributed by atoms with Crippen LogP contribution in [0.2, 0.25) is 0 Å². The largest absolute Gasteiger partial charge is 0.377 e. The first-order valence-corrected chi connectivity index (χ1v) is 7.80. The van der Waals surface area contributed by atoms with E-state index >= 15 is 0 Å². The molecule has 1 N–H and O–H groups in total. The molecule has 3 unspecified atom stereocenters. The molecule has 0 bridgehead atoms. The van der Waals surface area contributed by atoms with Crippen LogP contribution in [-0.4, -0.2) is 48.8 Å². The van der Waals surface area contributed by atoms with Gasteiger partial charge in [0.1, 0.15) is 0 Å². The molecule has 0 aliphatic carbocycles. The van der Waals surface area contributed by atoms with Crippen LogP contribution >= 0.6 is 0 Å². The summed E-state index contributed by atoms with van der Waals surface area (Å²) < 4.78 is 5.95. The summed E-state index contributed by atoms with van der Waals surface area (Å²) >= 11 is 0. The molecule has 0 aromatic carbocycles. The van der Waals surface area contributed by atoms with Gasteiger partial charge in [0.2, 0.25) is 0 Å². The number of hydrogen-bond donors (Lipinski definition) is 1. The van der Waals surface area contributed by atoms with Crippen molar-refractivity contribution < 1.29 is 4.74 Å². The van der Waals surface area contributed by atoms with E-state index in [0.29, 0.717) is 18.2 Å². The smallest absolute Gasteiger partial charge is 0.0702 e. The predicted molar refractivity (Wildman–Crippen MR) is 75.9 cm³/mol. The van der Waals surface area contributed by atoms with E-state index in [9.17, 15) is 0 Å². The zero-order valence-corrected chi connectivity index (χ0v) is 12.3. The monoisotopic (exact) mass is 254 g/mol. The van der Waals surface area contributed by atoms with Crippen molar-refractivity contribution in [2.75, 3.05) is 19.7 Å². The SMILES string of the molecule is CCCOC1CCCN(C2CC(C)NC(C)C2)C1. The van der Waals surface area contributed by atoms with Gasteiger partial charge in [0.05, 0.1) is 6.10 Å². The van der Waals surface area contributed by atoms with Crippen molar-refractivity contribution in [3.05, 3.63) is 0 Å². The Labute approximate surface area is 112 Å². The van der Waals surface area contributed by atoms with Crippen molar-refractivity contribution in [1.82, 2.24) is 10.2 Å². The van der Waals surface area contributed by atoms with E-state index in [1.54, 1.807) is 0 Å². The molecule has 2 aliphatic rings. The lowest BCUT2D eigenvalue weighted by atomic mass is 9.92. The second-order valence-electron chi connectivity index (χ2n) is 6.22. The summed E-state index contributed by atoms with van der Waals surface area (Å²) in [6, 6.07) is 2.09. The molecule has 0 aromatic heterocycles. The third-order valence-corrected chi connectivity index (χ3v) is 4.30. The standard InChI is InChI=1S/C15H30N2O/c1-4-8-18-15-6-5-7-17(11-15)14-9-12(2)16-13(3)10-14/h12-16H,4-11H2,1-3H3. The number of hydrogen-bond acceptors (Lipinski definition) is 3. The maximum atomic E-state index is 5.95. The Hall–Kier alpha value is -0.120. The number of likely N-dealkylation sites (tertiary alicyclic amines) is 1. The van der Waals surface area contributed by atoms with Crippen molar-refractivity contribution >= 4 is 0 Å². The average molecular weight is 254 g/mol. The minimum atomic E-state index is 0.485. The average Bonchev–Trinajstić information content (AvgIpc) is 2.35. The quantitative estimate of drug-likeness (QED) is 0.834. The van der Waals surface area contributed by atoms with E-state index in [1.807, 2.05) is 0 Å². The zero-order valence-electron chi connectivity index (χ0n) is 12.3. The van der Waals surface area contributed by atoms with E-state index in [2.05, 4.69) is 31.0 Å². The molecule has 0 saturated carbocycles. The number of rotatable bonds is 4. The van der Waals surface area contributed by atoms with E-state index in [1.165, 1.54) is 32.2 Å². The molecule has 2 rings (SSSR count). The van der Waals surface area contributed by atoms with Gasteiger partial charge in [0.15, 0.2) is 0 Å². The Morgan fingerprint density at radius 2 is 1.94 bits per heavy atom. The van der Waals surface area contributed by atoms with Crippen LogP contribution < -0.4 is 5.32 Å². The first kappa shape index (κ1) is 14.3. The first-order chi connectivity index (χ1) is 8.69. The third kappa shape index (κ3) is 3.94. The van der Waals surface area contributed by atoms with Crippen molar-refractivity contribution in [1.29, 1.82) is 0 Å². The molecule has 0 aromatic rings. The number of nitrogens with one attached hydrogen (secondary N) is 1. The van der Waals surface area contributed by atoms with Gasteiger partial charge in [-0.15, -0.1) is 0 Å².